The first-order valence-corrected chi connectivity index (χ1v) is 9.50. The SMILES string of the molecule is [2H][C@@]1(N[S+]([O-])C(C)(C)C)c2ccccc2CC12CCN(C(=O)O)CC2. The molecule has 1 fully saturated rings. The van der Waals surface area contributed by atoms with Crippen LogP contribution in [0, 0.1) is 5.41 Å². The van der Waals surface area contributed by atoms with Crippen molar-refractivity contribution in [2.45, 2.75) is 50.8 Å². The van der Waals surface area contributed by atoms with Crippen molar-refractivity contribution in [2.75, 3.05) is 13.1 Å². The molecule has 1 aliphatic carbocycles. The van der Waals surface area contributed by atoms with Crippen LogP contribution in [0.5, 0.6) is 0 Å². The lowest BCUT2D eigenvalue weighted by molar-refractivity contribution is 0.0764. The maximum absolute atomic E-state index is 12.8. The predicted molar refractivity (Wildman–Crippen MR) is 95.2 cm³/mol. The number of hydrogen-bond donors (Lipinski definition) is 2. The summed E-state index contributed by atoms with van der Waals surface area (Å²) >= 11 is -1.39. The minimum absolute atomic E-state index is 0.411. The summed E-state index contributed by atoms with van der Waals surface area (Å²) in [5.74, 6) is 0. The molecule has 6 heteroatoms. The fourth-order valence-corrected chi connectivity index (χ4v) is 4.44. The van der Waals surface area contributed by atoms with Gasteiger partial charge in [0.1, 0.15) is 4.75 Å². The summed E-state index contributed by atoms with van der Waals surface area (Å²) in [6, 6.07) is 6.67. The number of rotatable bonds is 2. The Kier molecular flexibility index (Phi) is 4.22. The van der Waals surface area contributed by atoms with Gasteiger partial charge in [-0.2, -0.15) is 0 Å². The monoisotopic (exact) mass is 351 g/mol. The van der Waals surface area contributed by atoms with E-state index in [-0.39, 0.29) is 0 Å². The largest absolute Gasteiger partial charge is 0.598 e. The molecule has 1 saturated heterocycles. The van der Waals surface area contributed by atoms with Crippen molar-refractivity contribution in [3.05, 3.63) is 35.4 Å². The van der Waals surface area contributed by atoms with Gasteiger partial charge in [-0.05, 0) is 51.2 Å². The van der Waals surface area contributed by atoms with E-state index >= 15 is 0 Å². The molecule has 1 aromatic rings. The van der Waals surface area contributed by atoms with Crippen molar-refractivity contribution < 1.29 is 15.8 Å². The molecule has 3 rings (SSSR count). The molecule has 1 spiro atoms. The molecule has 132 valence electrons. The Bertz CT molecular complexity index is 671. The Labute approximate surface area is 148 Å². The van der Waals surface area contributed by atoms with Crippen molar-refractivity contribution in [3.8, 4) is 0 Å². The van der Waals surface area contributed by atoms with Gasteiger partial charge >= 0.3 is 6.09 Å². The van der Waals surface area contributed by atoms with E-state index in [9.17, 15) is 15.8 Å². The highest BCUT2D eigenvalue weighted by molar-refractivity contribution is 7.90. The Morgan fingerprint density at radius 2 is 2.04 bits per heavy atom. The lowest BCUT2D eigenvalue weighted by Crippen LogP contribution is -2.50. The maximum atomic E-state index is 12.8. The van der Waals surface area contributed by atoms with Crippen molar-refractivity contribution in [1.29, 1.82) is 0 Å². The predicted octanol–water partition coefficient (Wildman–Crippen LogP) is 3.10. The Balaban J connectivity index is 1.97. The molecule has 1 amide bonds. The van der Waals surface area contributed by atoms with Crippen molar-refractivity contribution in [1.82, 2.24) is 9.62 Å². The summed E-state index contributed by atoms with van der Waals surface area (Å²) in [5.41, 5.74) is 1.53. The van der Waals surface area contributed by atoms with E-state index < -0.39 is 33.6 Å². The smallest absolute Gasteiger partial charge is 0.407 e. The van der Waals surface area contributed by atoms with Crippen LogP contribution in [0.2, 0.25) is 0 Å². The summed E-state index contributed by atoms with van der Waals surface area (Å²) in [6.45, 7) is 6.49. The second kappa shape index (κ2) is 6.24. The number of likely N-dealkylation sites (tertiary alicyclic amines) is 1. The van der Waals surface area contributed by atoms with Gasteiger partial charge < -0.3 is 14.6 Å². The summed E-state index contributed by atoms with van der Waals surface area (Å²) in [7, 11) is 0. The molecule has 1 unspecified atom stereocenters. The molecule has 1 heterocycles. The van der Waals surface area contributed by atoms with Gasteiger partial charge in [-0.25, -0.2) is 4.79 Å². The van der Waals surface area contributed by atoms with Crippen LogP contribution in [0.3, 0.4) is 0 Å². The zero-order valence-electron chi connectivity index (χ0n) is 15.5. The fraction of sp³-hybridized carbons (Fsp3) is 0.611. The van der Waals surface area contributed by atoms with Crippen LogP contribution in [-0.4, -0.2) is 38.5 Å². The van der Waals surface area contributed by atoms with Gasteiger partial charge in [-0.1, -0.05) is 24.3 Å². The zero-order chi connectivity index (χ0) is 18.5. The van der Waals surface area contributed by atoms with Crippen LogP contribution in [0.15, 0.2) is 24.3 Å². The van der Waals surface area contributed by atoms with Crippen LogP contribution in [0.1, 0.15) is 52.1 Å². The van der Waals surface area contributed by atoms with E-state index in [1.54, 1.807) is 0 Å². The number of nitrogens with zero attached hydrogens (tertiary/aromatic N) is 1. The van der Waals surface area contributed by atoms with Gasteiger partial charge in [0.2, 0.25) is 0 Å². The van der Waals surface area contributed by atoms with E-state index in [1.165, 1.54) is 4.90 Å². The first-order valence-electron chi connectivity index (χ1n) is 8.85. The highest BCUT2D eigenvalue weighted by atomic mass is 32.2. The van der Waals surface area contributed by atoms with Gasteiger partial charge in [0, 0.05) is 29.9 Å². The minimum Gasteiger partial charge on any atom is -0.598 e. The Hall–Kier alpha value is -1.24. The van der Waals surface area contributed by atoms with Crippen LogP contribution < -0.4 is 4.72 Å². The van der Waals surface area contributed by atoms with Crippen molar-refractivity contribution in [2.24, 2.45) is 5.41 Å². The average molecular weight is 351 g/mol. The van der Waals surface area contributed by atoms with Gasteiger partial charge in [-0.15, -0.1) is 4.72 Å². The molecule has 2 aliphatic rings. The molecule has 5 nitrogen and oxygen atoms in total. The molecule has 0 radical (unpaired) electrons. The fourth-order valence-electron chi connectivity index (χ4n) is 3.62. The number of amides is 1. The molecule has 0 bridgehead atoms. The molecule has 1 aliphatic heterocycles. The van der Waals surface area contributed by atoms with Crippen LogP contribution in [0.4, 0.5) is 4.79 Å². The van der Waals surface area contributed by atoms with E-state index in [2.05, 4.69) is 4.72 Å². The highest BCUT2D eigenvalue weighted by Gasteiger charge is 2.50. The van der Waals surface area contributed by atoms with Crippen LogP contribution >= 0.6 is 0 Å². The van der Waals surface area contributed by atoms with E-state index in [4.69, 9.17) is 0 Å². The molecule has 2 N–H and O–H groups in total. The number of hydrogen-bond acceptors (Lipinski definition) is 3. The van der Waals surface area contributed by atoms with E-state index in [0.29, 0.717) is 32.4 Å². The number of nitrogens with one attached hydrogen (secondary N) is 1. The first-order chi connectivity index (χ1) is 11.6. The summed E-state index contributed by atoms with van der Waals surface area (Å²) in [4.78, 5) is 12.7. The number of carboxylic acid groups (broad SMARTS) is 1. The molecular weight excluding hydrogens is 324 g/mol. The van der Waals surface area contributed by atoms with Gasteiger partial charge in [0.05, 0.1) is 7.39 Å². The normalized spacial score (nSPS) is 27.7. The molecule has 24 heavy (non-hydrogen) atoms. The second-order valence-corrected chi connectivity index (χ2v) is 9.71. The number of benzene rings is 1. The molecule has 2 atom stereocenters. The average Bonchev–Trinajstić information content (AvgIpc) is 2.76. The number of piperidine rings is 1. The Morgan fingerprint density at radius 1 is 1.42 bits per heavy atom. The van der Waals surface area contributed by atoms with Crippen LogP contribution in [-0.2, 0) is 17.8 Å². The zero-order valence-corrected chi connectivity index (χ0v) is 15.3. The third kappa shape index (κ3) is 3.15. The first kappa shape index (κ1) is 16.2. The van der Waals surface area contributed by atoms with E-state index in [1.807, 2.05) is 45.0 Å². The van der Waals surface area contributed by atoms with Gasteiger partial charge in [-0.3, -0.25) is 0 Å². The third-order valence-electron chi connectivity index (χ3n) is 5.09. The maximum Gasteiger partial charge on any atom is 0.407 e. The highest BCUT2D eigenvalue weighted by Crippen LogP contribution is 2.52. The lowest BCUT2D eigenvalue weighted by Gasteiger charge is -2.43. The summed E-state index contributed by atoms with van der Waals surface area (Å²) < 4.78 is 24.8. The van der Waals surface area contributed by atoms with E-state index in [0.717, 1.165) is 11.1 Å². The lowest BCUT2D eigenvalue weighted by atomic mass is 9.73. The molecule has 1 aromatic carbocycles. The van der Waals surface area contributed by atoms with Gasteiger partial charge in [0.25, 0.3) is 0 Å². The molecular formula is C18H26N2O3S. The standard InChI is InChI=1S/C18H26N2O3S/c1-17(2,3)24(23)19-15-14-7-5-4-6-13(14)12-18(15)8-10-20(11-9-18)16(21)22/h4-7,15,19H,8-12H2,1-3H3,(H,21,22)/t15-,24?/m1/s1/i15D. The van der Waals surface area contributed by atoms with Crippen LogP contribution in [0.25, 0.3) is 0 Å². The summed E-state index contributed by atoms with van der Waals surface area (Å²) in [6.07, 6.45) is 0.985. The van der Waals surface area contributed by atoms with Crippen molar-refractivity contribution in [3.63, 3.8) is 0 Å². The Morgan fingerprint density at radius 3 is 2.62 bits per heavy atom. The topological polar surface area (TPSA) is 75.6 Å². The van der Waals surface area contributed by atoms with Crippen molar-refractivity contribution >= 4 is 17.5 Å². The quantitative estimate of drug-likeness (QED) is 0.803. The molecule has 0 saturated carbocycles. The second-order valence-electron chi connectivity index (χ2n) is 7.74. The number of fused-ring (bicyclic) bond motifs is 1. The van der Waals surface area contributed by atoms with Gasteiger partial charge in [0.15, 0.2) is 0 Å². The third-order valence-corrected chi connectivity index (χ3v) is 6.59. The summed E-state index contributed by atoms with van der Waals surface area (Å²) in [5, 5.41) is 9.24. The number of carbonyl (C=O) groups is 1. The molecule has 0 aromatic heterocycles. The minimum atomic E-state index is -1.39.